The molecule has 2 saturated carbocycles. The van der Waals surface area contributed by atoms with Gasteiger partial charge in [-0.25, -0.2) is 0 Å². The van der Waals surface area contributed by atoms with Crippen LogP contribution in [0.15, 0.2) is 0 Å². The fourth-order valence-corrected chi connectivity index (χ4v) is 4.25. The van der Waals surface area contributed by atoms with Gasteiger partial charge in [0, 0.05) is 23.8 Å². The molecular formula is C12H18BrNO. The van der Waals surface area contributed by atoms with Gasteiger partial charge in [0.2, 0.25) is 5.91 Å². The number of rotatable bonds is 1. The van der Waals surface area contributed by atoms with Gasteiger partial charge in [0.05, 0.1) is 0 Å². The van der Waals surface area contributed by atoms with Crippen LogP contribution in [-0.4, -0.2) is 28.7 Å². The summed E-state index contributed by atoms with van der Waals surface area (Å²) >= 11 is 3.60. The molecule has 0 aromatic rings. The summed E-state index contributed by atoms with van der Waals surface area (Å²) in [5.74, 6) is 2.47. The third kappa shape index (κ3) is 1.73. The highest BCUT2D eigenvalue weighted by Gasteiger charge is 2.45. The molecule has 3 aliphatic rings. The minimum absolute atomic E-state index is 0.390. The van der Waals surface area contributed by atoms with Crippen LogP contribution in [0.1, 0.15) is 32.1 Å². The van der Waals surface area contributed by atoms with Gasteiger partial charge in [0.15, 0.2) is 0 Å². The van der Waals surface area contributed by atoms with Gasteiger partial charge in [-0.3, -0.25) is 4.79 Å². The van der Waals surface area contributed by atoms with Gasteiger partial charge in [0.1, 0.15) is 0 Å². The summed E-state index contributed by atoms with van der Waals surface area (Å²) in [6.45, 7) is 1.91. The maximum atomic E-state index is 12.3. The molecule has 0 N–H and O–H groups in total. The topological polar surface area (TPSA) is 20.3 Å². The van der Waals surface area contributed by atoms with Crippen LogP contribution in [0, 0.1) is 17.8 Å². The zero-order valence-electron chi connectivity index (χ0n) is 8.99. The van der Waals surface area contributed by atoms with E-state index in [9.17, 15) is 4.79 Å². The molecule has 4 atom stereocenters. The Morgan fingerprint density at radius 2 is 2.07 bits per heavy atom. The number of amides is 1. The monoisotopic (exact) mass is 271 g/mol. The molecule has 0 aromatic heterocycles. The van der Waals surface area contributed by atoms with E-state index in [0.29, 0.717) is 16.7 Å². The van der Waals surface area contributed by atoms with Gasteiger partial charge in [-0.1, -0.05) is 22.4 Å². The standard InChI is InChI=1S/C12H18BrNO/c13-10-3-4-14(7-10)12(15)11-6-8-1-2-9(11)5-8/h8-11H,1-7H2. The third-order valence-corrected chi connectivity index (χ3v) is 5.25. The Hall–Kier alpha value is -0.0500. The molecule has 2 nitrogen and oxygen atoms in total. The van der Waals surface area contributed by atoms with E-state index in [2.05, 4.69) is 20.8 Å². The fraction of sp³-hybridized carbons (Fsp3) is 0.917. The van der Waals surface area contributed by atoms with E-state index in [0.717, 1.165) is 31.3 Å². The van der Waals surface area contributed by atoms with Gasteiger partial charge in [0.25, 0.3) is 0 Å². The van der Waals surface area contributed by atoms with Crippen LogP contribution in [0.2, 0.25) is 0 Å². The molecule has 15 heavy (non-hydrogen) atoms. The molecule has 4 unspecified atom stereocenters. The summed E-state index contributed by atoms with van der Waals surface area (Å²) in [7, 11) is 0. The second kappa shape index (κ2) is 3.76. The van der Waals surface area contributed by atoms with Gasteiger partial charge in [-0.05, 0) is 37.5 Å². The smallest absolute Gasteiger partial charge is 0.226 e. The molecule has 2 bridgehead atoms. The first-order chi connectivity index (χ1) is 7.24. The van der Waals surface area contributed by atoms with Crippen LogP contribution in [-0.2, 0) is 4.79 Å². The number of fused-ring (bicyclic) bond motifs is 2. The van der Waals surface area contributed by atoms with Crippen LogP contribution >= 0.6 is 15.9 Å². The number of carbonyl (C=O) groups is 1. The molecule has 0 spiro atoms. The van der Waals surface area contributed by atoms with Crippen molar-refractivity contribution in [2.75, 3.05) is 13.1 Å². The molecule has 2 aliphatic carbocycles. The molecule has 1 amide bonds. The normalized spacial score (nSPS) is 43.9. The zero-order valence-corrected chi connectivity index (χ0v) is 10.6. The third-order valence-electron chi connectivity index (χ3n) is 4.50. The van der Waals surface area contributed by atoms with Crippen molar-refractivity contribution in [3.8, 4) is 0 Å². The predicted octanol–water partition coefficient (Wildman–Crippen LogP) is 2.42. The average molecular weight is 272 g/mol. The number of halogens is 1. The molecule has 1 heterocycles. The first kappa shape index (κ1) is 10.1. The lowest BCUT2D eigenvalue weighted by molar-refractivity contribution is -0.136. The Balaban J connectivity index is 1.65. The Morgan fingerprint density at radius 3 is 2.60 bits per heavy atom. The van der Waals surface area contributed by atoms with E-state index in [4.69, 9.17) is 0 Å². The molecule has 3 rings (SSSR count). The van der Waals surface area contributed by atoms with E-state index in [1.54, 1.807) is 0 Å². The highest BCUT2D eigenvalue weighted by atomic mass is 79.9. The van der Waals surface area contributed by atoms with E-state index in [1.165, 1.54) is 25.7 Å². The van der Waals surface area contributed by atoms with Gasteiger partial charge in [-0.2, -0.15) is 0 Å². The summed E-state index contributed by atoms with van der Waals surface area (Å²) in [5, 5.41) is 0. The number of alkyl halides is 1. The van der Waals surface area contributed by atoms with Crippen LogP contribution < -0.4 is 0 Å². The number of hydrogen-bond donors (Lipinski definition) is 0. The largest absolute Gasteiger partial charge is 0.341 e. The van der Waals surface area contributed by atoms with Crippen LogP contribution in [0.3, 0.4) is 0 Å². The lowest BCUT2D eigenvalue weighted by Gasteiger charge is -2.26. The minimum atomic E-state index is 0.390. The van der Waals surface area contributed by atoms with E-state index in [-0.39, 0.29) is 0 Å². The summed E-state index contributed by atoms with van der Waals surface area (Å²) in [6.07, 6.45) is 6.35. The highest BCUT2D eigenvalue weighted by Crippen LogP contribution is 2.49. The average Bonchev–Trinajstić information content (AvgIpc) is 2.90. The quantitative estimate of drug-likeness (QED) is 0.671. The number of nitrogens with zero attached hydrogens (tertiary/aromatic N) is 1. The van der Waals surface area contributed by atoms with Crippen molar-refractivity contribution in [3.05, 3.63) is 0 Å². The van der Waals surface area contributed by atoms with Crippen LogP contribution in [0.4, 0.5) is 0 Å². The second-order valence-electron chi connectivity index (χ2n) is 5.45. The van der Waals surface area contributed by atoms with Crippen molar-refractivity contribution in [1.29, 1.82) is 0 Å². The molecule has 0 aromatic carbocycles. The van der Waals surface area contributed by atoms with E-state index >= 15 is 0 Å². The number of carbonyl (C=O) groups excluding carboxylic acids is 1. The lowest BCUT2D eigenvalue weighted by atomic mass is 9.88. The van der Waals surface area contributed by atoms with Crippen LogP contribution in [0.25, 0.3) is 0 Å². The number of likely N-dealkylation sites (tertiary alicyclic amines) is 1. The summed E-state index contributed by atoms with van der Waals surface area (Å²) in [6, 6.07) is 0. The molecule has 0 radical (unpaired) electrons. The fourth-order valence-electron chi connectivity index (χ4n) is 3.70. The molecule has 84 valence electrons. The second-order valence-corrected chi connectivity index (χ2v) is 6.75. The molecular weight excluding hydrogens is 254 g/mol. The molecule has 1 aliphatic heterocycles. The number of hydrogen-bond acceptors (Lipinski definition) is 1. The van der Waals surface area contributed by atoms with Gasteiger partial charge in [-0.15, -0.1) is 0 Å². The Kier molecular flexibility index (Phi) is 2.54. The maximum absolute atomic E-state index is 12.3. The Bertz CT molecular complexity index is 281. The van der Waals surface area contributed by atoms with Crippen molar-refractivity contribution in [2.24, 2.45) is 17.8 Å². The minimum Gasteiger partial charge on any atom is -0.341 e. The highest BCUT2D eigenvalue weighted by molar-refractivity contribution is 9.09. The van der Waals surface area contributed by atoms with Crippen molar-refractivity contribution in [1.82, 2.24) is 4.90 Å². The summed E-state index contributed by atoms with van der Waals surface area (Å²) < 4.78 is 0. The van der Waals surface area contributed by atoms with Crippen molar-refractivity contribution in [3.63, 3.8) is 0 Å². The van der Waals surface area contributed by atoms with Crippen molar-refractivity contribution >= 4 is 21.8 Å². The first-order valence-corrected chi connectivity index (χ1v) is 7.08. The van der Waals surface area contributed by atoms with Gasteiger partial charge < -0.3 is 4.90 Å². The molecule has 3 fully saturated rings. The first-order valence-electron chi connectivity index (χ1n) is 6.17. The Labute approximate surface area is 99.5 Å². The molecule has 1 saturated heterocycles. The van der Waals surface area contributed by atoms with Crippen molar-refractivity contribution < 1.29 is 4.79 Å². The Morgan fingerprint density at radius 1 is 1.20 bits per heavy atom. The van der Waals surface area contributed by atoms with Crippen molar-refractivity contribution in [2.45, 2.75) is 36.9 Å². The maximum Gasteiger partial charge on any atom is 0.226 e. The zero-order chi connectivity index (χ0) is 10.4. The summed E-state index contributed by atoms with van der Waals surface area (Å²) in [5.41, 5.74) is 0. The summed E-state index contributed by atoms with van der Waals surface area (Å²) in [4.78, 5) is 14.9. The van der Waals surface area contributed by atoms with E-state index < -0.39 is 0 Å². The predicted molar refractivity (Wildman–Crippen MR) is 62.9 cm³/mol. The van der Waals surface area contributed by atoms with Crippen LogP contribution in [0.5, 0.6) is 0 Å². The molecule has 3 heteroatoms. The van der Waals surface area contributed by atoms with E-state index in [1.807, 2.05) is 0 Å². The lowest BCUT2D eigenvalue weighted by Crippen LogP contribution is -2.36. The SMILES string of the molecule is O=C(C1CC2CCC1C2)N1CCC(Br)C1. The van der Waals surface area contributed by atoms with Gasteiger partial charge >= 0.3 is 0 Å².